The monoisotopic (exact) mass is 366 g/mol. The molecule has 0 spiro atoms. The van der Waals surface area contributed by atoms with Gasteiger partial charge in [0.15, 0.2) is 5.69 Å². The Bertz CT molecular complexity index is 740. The van der Waals surface area contributed by atoms with Crippen molar-refractivity contribution in [1.82, 2.24) is 4.98 Å². The largest absolute Gasteiger partial charge is 0.481 e. The molecule has 25 heavy (non-hydrogen) atoms. The second-order valence-electron chi connectivity index (χ2n) is 4.92. The summed E-state index contributed by atoms with van der Waals surface area (Å²) in [6.07, 6.45) is -9.61. The molecule has 0 aliphatic rings. The molecule has 1 atom stereocenters. The highest BCUT2D eigenvalue weighted by molar-refractivity contribution is 5.93. The molecule has 0 saturated heterocycles. The summed E-state index contributed by atoms with van der Waals surface area (Å²) in [7, 11) is 0.797. The molecule has 0 bridgehead atoms. The number of halogens is 5. The third-order valence-electron chi connectivity index (χ3n) is 3.24. The summed E-state index contributed by atoms with van der Waals surface area (Å²) < 4.78 is 69.9. The molecule has 1 aromatic heterocycles. The summed E-state index contributed by atoms with van der Waals surface area (Å²) >= 11 is 0. The van der Waals surface area contributed by atoms with Crippen molar-refractivity contribution in [3.8, 4) is 6.07 Å². The van der Waals surface area contributed by atoms with Gasteiger partial charge in [0.1, 0.15) is 11.8 Å². The van der Waals surface area contributed by atoms with Gasteiger partial charge in [-0.25, -0.2) is 18.6 Å². The molecule has 1 aromatic rings. The van der Waals surface area contributed by atoms with E-state index in [4.69, 9.17) is 10.4 Å². The number of nitrogens with zero attached hydrogens (tertiary/aromatic N) is 2. The number of hydrogen-bond acceptors (Lipinski definition) is 5. The number of carbonyl (C=O) groups is 2. The van der Waals surface area contributed by atoms with E-state index < -0.39 is 65.0 Å². The average molecular weight is 366 g/mol. The van der Waals surface area contributed by atoms with Gasteiger partial charge in [-0.15, -0.1) is 0 Å². The number of hydrogen-bond donors (Lipinski definition) is 1. The molecule has 1 rings (SSSR count). The first-order chi connectivity index (χ1) is 11.4. The number of nitriles is 1. The Morgan fingerprint density at radius 3 is 2.28 bits per heavy atom. The molecule has 1 N–H and O–H groups in total. The molecular formula is C14H11F5N2O4. The zero-order valence-electron chi connectivity index (χ0n) is 12.8. The van der Waals surface area contributed by atoms with Crippen molar-refractivity contribution in [2.24, 2.45) is 5.92 Å². The van der Waals surface area contributed by atoms with E-state index in [1.165, 1.54) is 6.07 Å². The van der Waals surface area contributed by atoms with Crippen LogP contribution in [0.5, 0.6) is 0 Å². The minimum absolute atomic E-state index is 0.770. The predicted molar refractivity (Wildman–Crippen MR) is 70.8 cm³/mol. The summed E-state index contributed by atoms with van der Waals surface area (Å²) in [4.78, 5) is 25.5. The van der Waals surface area contributed by atoms with Gasteiger partial charge in [0.25, 0.3) is 6.43 Å². The Morgan fingerprint density at radius 2 is 1.92 bits per heavy atom. The van der Waals surface area contributed by atoms with Gasteiger partial charge in [-0.2, -0.15) is 18.4 Å². The smallest absolute Gasteiger partial charge is 0.434 e. The van der Waals surface area contributed by atoms with Gasteiger partial charge < -0.3 is 9.84 Å². The van der Waals surface area contributed by atoms with Gasteiger partial charge in [-0.3, -0.25) is 4.79 Å². The summed E-state index contributed by atoms with van der Waals surface area (Å²) in [6.45, 7) is 1.08. The Balaban J connectivity index is 3.94. The maximum Gasteiger partial charge on any atom is 0.434 e. The molecule has 1 heterocycles. The van der Waals surface area contributed by atoms with Gasteiger partial charge in [-0.05, 0) is 12.0 Å². The molecule has 1 unspecified atom stereocenters. The highest BCUT2D eigenvalue weighted by Gasteiger charge is 2.41. The molecule has 0 saturated carbocycles. The molecule has 0 aromatic carbocycles. The van der Waals surface area contributed by atoms with E-state index in [1.54, 1.807) is 0 Å². The van der Waals surface area contributed by atoms with Crippen LogP contribution in [-0.4, -0.2) is 29.1 Å². The van der Waals surface area contributed by atoms with Crippen molar-refractivity contribution in [2.75, 3.05) is 7.11 Å². The number of esters is 1. The van der Waals surface area contributed by atoms with E-state index in [2.05, 4.69) is 9.72 Å². The van der Waals surface area contributed by atoms with E-state index in [0.717, 1.165) is 14.0 Å². The number of aliphatic carboxylic acids is 1. The van der Waals surface area contributed by atoms with Crippen LogP contribution in [0.4, 0.5) is 22.0 Å². The number of rotatable bonds is 5. The number of pyridine rings is 1. The molecule has 0 fully saturated rings. The molecule has 11 heteroatoms. The number of methoxy groups -OCH3 is 1. The lowest BCUT2D eigenvalue weighted by Crippen LogP contribution is -2.23. The lowest BCUT2D eigenvalue weighted by atomic mass is 9.91. The SMILES string of the molecule is COC(=O)c1c(C(F)F)nc(C(F)(F)F)c(C#N)c1CC(C)C(=O)O. The number of alkyl halides is 5. The molecular weight excluding hydrogens is 355 g/mol. The molecule has 136 valence electrons. The summed E-state index contributed by atoms with van der Waals surface area (Å²) in [5.41, 5.74) is -6.45. The van der Waals surface area contributed by atoms with E-state index in [0.29, 0.717) is 0 Å². The fourth-order valence-electron chi connectivity index (χ4n) is 2.07. The van der Waals surface area contributed by atoms with Crippen LogP contribution >= 0.6 is 0 Å². The van der Waals surface area contributed by atoms with E-state index in [1.807, 2.05) is 0 Å². The Hall–Kier alpha value is -2.77. The zero-order valence-corrected chi connectivity index (χ0v) is 12.8. The van der Waals surface area contributed by atoms with Gasteiger partial charge in [0, 0.05) is 0 Å². The maximum absolute atomic E-state index is 13.2. The number of carboxylic acids is 1. The topological polar surface area (TPSA) is 100 Å². The Kier molecular flexibility index (Phi) is 6.01. The van der Waals surface area contributed by atoms with Crippen LogP contribution < -0.4 is 0 Å². The summed E-state index contributed by atoms with van der Waals surface area (Å²) in [5, 5.41) is 18.0. The van der Waals surface area contributed by atoms with Gasteiger partial charge >= 0.3 is 18.1 Å². The van der Waals surface area contributed by atoms with Crippen molar-refractivity contribution in [1.29, 1.82) is 5.26 Å². The second-order valence-corrected chi connectivity index (χ2v) is 4.92. The molecule has 0 aliphatic carbocycles. The first-order valence-corrected chi connectivity index (χ1v) is 6.58. The number of carbonyl (C=O) groups excluding carboxylic acids is 1. The van der Waals surface area contributed by atoms with Gasteiger partial charge in [-0.1, -0.05) is 6.92 Å². The first-order valence-electron chi connectivity index (χ1n) is 6.58. The lowest BCUT2D eigenvalue weighted by molar-refractivity contribution is -0.141. The van der Waals surface area contributed by atoms with Crippen molar-refractivity contribution in [2.45, 2.75) is 25.9 Å². The highest BCUT2D eigenvalue weighted by Crippen LogP contribution is 2.37. The second kappa shape index (κ2) is 7.42. The van der Waals surface area contributed by atoms with E-state index in [9.17, 15) is 31.5 Å². The fraction of sp³-hybridized carbons (Fsp3) is 0.429. The normalized spacial score (nSPS) is 12.6. The third kappa shape index (κ3) is 4.20. The maximum atomic E-state index is 13.2. The van der Waals surface area contributed by atoms with Crippen LogP contribution in [0.3, 0.4) is 0 Å². The van der Waals surface area contributed by atoms with Crippen LogP contribution in [0, 0.1) is 17.2 Å². The third-order valence-corrected chi connectivity index (χ3v) is 3.24. The van der Waals surface area contributed by atoms with E-state index >= 15 is 0 Å². The van der Waals surface area contributed by atoms with Crippen LogP contribution in [0.25, 0.3) is 0 Å². The van der Waals surface area contributed by atoms with Crippen molar-refractivity contribution >= 4 is 11.9 Å². The van der Waals surface area contributed by atoms with Crippen LogP contribution in [0.15, 0.2) is 0 Å². The zero-order chi connectivity index (χ0) is 19.5. The van der Waals surface area contributed by atoms with Crippen molar-refractivity contribution < 1.29 is 41.4 Å². The average Bonchev–Trinajstić information content (AvgIpc) is 2.51. The molecule has 0 amide bonds. The van der Waals surface area contributed by atoms with Crippen molar-refractivity contribution in [3.05, 3.63) is 28.1 Å². The number of aromatic nitrogens is 1. The molecule has 0 aliphatic heterocycles. The minimum Gasteiger partial charge on any atom is -0.481 e. The van der Waals surface area contributed by atoms with Gasteiger partial charge in [0.2, 0.25) is 0 Å². The van der Waals surface area contributed by atoms with Crippen LogP contribution in [0.1, 0.15) is 46.2 Å². The molecule has 0 radical (unpaired) electrons. The quantitative estimate of drug-likeness (QED) is 0.635. The number of carboxylic acid groups (broad SMARTS) is 1. The van der Waals surface area contributed by atoms with Gasteiger partial charge in [0.05, 0.1) is 24.2 Å². The Morgan fingerprint density at radius 1 is 1.36 bits per heavy atom. The van der Waals surface area contributed by atoms with E-state index in [-0.39, 0.29) is 0 Å². The Labute approximate surface area is 137 Å². The van der Waals surface area contributed by atoms with Crippen LogP contribution in [-0.2, 0) is 22.1 Å². The minimum atomic E-state index is -5.26. The lowest BCUT2D eigenvalue weighted by Gasteiger charge is -2.19. The summed E-state index contributed by atoms with van der Waals surface area (Å²) in [5.74, 6) is -4.26. The van der Waals surface area contributed by atoms with Crippen molar-refractivity contribution in [3.63, 3.8) is 0 Å². The number of ether oxygens (including phenoxy) is 1. The first kappa shape index (κ1) is 20.3. The summed E-state index contributed by atoms with van der Waals surface area (Å²) in [6, 6.07) is 1.17. The van der Waals surface area contributed by atoms with Crippen LogP contribution in [0.2, 0.25) is 0 Å². The predicted octanol–water partition coefficient (Wildman–Crippen LogP) is 2.96. The standard InChI is InChI=1S/C14H11F5N2O4/c1-5(12(22)23)3-6-7(4-20)10(14(17,18)19)21-9(11(15)16)8(6)13(24)25-2/h5,11H,3H2,1-2H3,(H,22,23). The molecule has 6 nitrogen and oxygen atoms in total. The highest BCUT2D eigenvalue weighted by atomic mass is 19.4. The fourth-order valence-corrected chi connectivity index (χ4v) is 2.07.